The van der Waals surface area contributed by atoms with E-state index in [0.717, 1.165) is 29.7 Å². The van der Waals surface area contributed by atoms with Crippen LogP contribution in [0.1, 0.15) is 50.8 Å². The molecule has 5 rings (SSSR count). The molecular weight excluding hydrogens is 539 g/mol. The standard InChI is InChI=1S/C28H26Cl2N6O3/c1-18-15-20(32-27(37)22-5-2-3-6-24(22)30)9-10-21(18)28(38)36-12-4-7-26(23-16-19(29)8-11-25(23)36)39-14-13-35-17-31-33-34-35/h2-3,5-6,8-11,15-17,26H,4,7,12-14H2,1H3,(H,32,37). The monoisotopic (exact) mass is 564 g/mol. The Morgan fingerprint density at radius 2 is 1.92 bits per heavy atom. The second-order valence-electron chi connectivity index (χ2n) is 9.20. The molecule has 2 amide bonds. The van der Waals surface area contributed by atoms with Gasteiger partial charge in [0.25, 0.3) is 11.8 Å². The van der Waals surface area contributed by atoms with Gasteiger partial charge in [0, 0.05) is 34.1 Å². The molecule has 0 fully saturated rings. The summed E-state index contributed by atoms with van der Waals surface area (Å²) in [6, 6.07) is 17.6. The quantitative estimate of drug-likeness (QED) is 0.307. The minimum atomic E-state index is -0.316. The van der Waals surface area contributed by atoms with Crippen LogP contribution in [-0.4, -0.2) is 45.2 Å². The van der Waals surface area contributed by atoms with Crippen LogP contribution in [-0.2, 0) is 11.3 Å². The van der Waals surface area contributed by atoms with Crippen molar-refractivity contribution in [1.29, 1.82) is 0 Å². The Labute approximate surface area is 235 Å². The third-order valence-corrected chi connectivity index (χ3v) is 7.15. The average Bonchev–Trinajstić information content (AvgIpc) is 3.37. The lowest BCUT2D eigenvalue weighted by molar-refractivity contribution is 0.0404. The van der Waals surface area contributed by atoms with Crippen LogP contribution < -0.4 is 10.2 Å². The molecule has 11 heteroatoms. The molecule has 0 saturated heterocycles. The lowest BCUT2D eigenvalue weighted by Crippen LogP contribution is -2.32. The van der Waals surface area contributed by atoms with Gasteiger partial charge < -0.3 is 15.0 Å². The first-order valence-electron chi connectivity index (χ1n) is 12.5. The number of aryl methyl sites for hydroxylation is 1. The summed E-state index contributed by atoms with van der Waals surface area (Å²) < 4.78 is 7.82. The molecule has 9 nitrogen and oxygen atoms in total. The maximum Gasteiger partial charge on any atom is 0.258 e. The number of hydrogen-bond acceptors (Lipinski definition) is 6. The van der Waals surface area contributed by atoms with E-state index in [9.17, 15) is 9.59 Å². The fraction of sp³-hybridized carbons (Fsp3) is 0.250. The minimum Gasteiger partial charge on any atom is -0.372 e. The fourth-order valence-corrected chi connectivity index (χ4v) is 5.07. The number of carbonyl (C=O) groups is 2. The predicted octanol–water partition coefficient (Wildman–Crippen LogP) is 5.74. The number of aromatic nitrogens is 4. The average molecular weight is 565 g/mol. The highest BCUT2D eigenvalue weighted by molar-refractivity contribution is 6.34. The predicted molar refractivity (Wildman–Crippen MR) is 149 cm³/mol. The molecule has 1 N–H and O–H groups in total. The van der Waals surface area contributed by atoms with E-state index in [1.165, 1.54) is 6.33 Å². The summed E-state index contributed by atoms with van der Waals surface area (Å²) in [5, 5.41) is 15.0. The second kappa shape index (κ2) is 11.9. The molecule has 1 aliphatic heterocycles. The summed E-state index contributed by atoms with van der Waals surface area (Å²) in [4.78, 5) is 28.3. The van der Waals surface area contributed by atoms with Gasteiger partial charge in [0.1, 0.15) is 6.33 Å². The van der Waals surface area contributed by atoms with Crippen LogP contribution in [0.5, 0.6) is 0 Å². The Kier molecular flexibility index (Phi) is 8.21. The number of halogens is 2. The first kappa shape index (κ1) is 26.8. The Hall–Kier alpha value is -3.79. The Balaban J connectivity index is 1.34. The fourth-order valence-electron chi connectivity index (χ4n) is 4.67. The molecule has 0 saturated carbocycles. The van der Waals surface area contributed by atoms with Crippen molar-refractivity contribution in [2.45, 2.75) is 32.4 Å². The van der Waals surface area contributed by atoms with E-state index in [0.29, 0.717) is 46.6 Å². The normalized spacial score (nSPS) is 14.9. The van der Waals surface area contributed by atoms with Gasteiger partial charge in [-0.2, -0.15) is 0 Å². The number of tetrazole rings is 1. The zero-order valence-corrected chi connectivity index (χ0v) is 22.7. The van der Waals surface area contributed by atoms with Crippen molar-refractivity contribution < 1.29 is 14.3 Å². The maximum atomic E-state index is 13.8. The van der Waals surface area contributed by atoms with Gasteiger partial charge in [-0.15, -0.1) is 5.10 Å². The van der Waals surface area contributed by atoms with Gasteiger partial charge in [0.15, 0.2) is 0 Å². The van der Waals surface area contributed by atoms with Gasteiger partial charge >= 0.3 is 0 Å². The summed E-state index contributed by atoms with van der Waals surface area (Å²) in [5.74, 6) is -0.446. The van der Waals surface area contributed by atoms with Crippen molar-refractivity contribution in [1.82, 2.24) is 20.2 Å². The number of hydrogen-bond donors (Lipinski definition) is 1. The van der Waals surface area contributed by atoms with Crippen LogP contribution in [0.25, 0.3) is 0 Å². The van der Waals surface area contributed by atoms with Crippen molar-refractivity contribution in [3.8, 4) is 0 Å². The molecular formula is C28H26Cl2N6O3. The van der Waals surface area contributed by atoms with Gasteiger partial charge in [-0.25, -0.2) is 4.68 Å². The van der Waals surface area contributed by atoms with Crippen molar-refractivity contribution in [3.05, 3.63) is 99.3 Å². The van der Waals surface area contributed by atoms with Crippen LogP contribution in [0.4, 0.5) is 11.4 Å². The zero-order chi connectivity index (χ0) is 27.4. The summed E-state index contributed by atoms with van der Waals surface area (Å²) in [6.45, 7) is 3.31. The van der Waals surface area contributed by atoms with Crippen molar-refractivity contribution in [2.24, 2.45) is 0 Å². The summed E-state index contributed by atoms with van der Waals surface area (Å²) in [7, 11) is 0. The van der Waals surface area contributed by atoms with Gasteiger partial charge in [0.05, 0.1) is 29.8 Å². The van der Waals surface area contributed by atoms with Crippen LogP contribution in [0.2, 0.25) is 10.0 Å². The highest BCUT2D eigenvalue weighted by atomic mass is 35.5. The molecule has 0 spiro atoms. The number of anilines is 2. The summed E-state index contributed by atoms with van der Waals surface area (Å²) in [5.41, 5.74) is 3.88. The first-order chi connectivity index (χ1) is 18.9. The number of nitrogens with one attached hydrogen (secondary N) is 1. The summed E-state index contributed by atoms with van der Waals surface area (Å²) >= 11 is 12.5. The van der Waals surface area contributed by atoms with E-state index in [-0.39, 0.29) is 17.9 Å². The number of amides is 2. The molecule has 0 bridgehead atoms. The molecule has 200 valence electrons. The number of nitrogens with zero attached hydrogens (tertiary/aromatic N) is 5. The molecule has 1 atom stereocenters. The van der Waals surface area contributed by atoms with E-state index in [1.807, 2.05) is 19.1 Å². The van der Waals surface area contributed by atoms with E-state index in [4.69, 9.17) is 27.9 Å². The molecule has 39 heavy (non-hydrogen) atoms. The van der Waals surface area contributed by atoms with Gasteiger partial charge in [-0.1, -0.05) is 35.3 Å². The largest absolute Gasteiger partial charge is 0.372 e. The number of carbonyl (C=O) groups excluding carboxylic acids is 2. The molecule has 4 aromatic rings. The molecule has 1 aromatic heterocycles. The number of rotatable bonds is 7. The van der Waals surface area contributed by atoms with Crippen LogP contribution in [0, 0.1) is 6.92 Å². The first-order valence-corrected chi connectivity index (χ1v) is 13.3. The lowest BCUT2D eigenvalue weighted by Gasteiger charge is -2.25. The van der Waals surface area contributed by atoms with E-state index in [2.05, 4.69) is 20.8 Å². The molecule has 0 radical (unpaired) electrons. The van der Waals surface area contributed by atoms with Crippen LogP contribution >= 0.6 is 23.2 Å². The molecule has 3 aromatic carbocycles. The highest BCUT2D eigenvalue weighted by Crippen LogP contribution is 2.38. The van der Waals surface area contributed by atoms with E-state index in [1.54, 1.807) is 58.1 Å². The second-order valence-corrected chi connectivity index (χ2v) is 10.0. The topological polar surface area (TPSA) is 102 Å². The molecule has 2 heterocycles. The third kappa shape index (κ3) is 6.11. The van der Waals surface area contributed by atoms with Gasteiger partial charge in [0.2, 0.25) is 0 Å². The molecule has 0 aliphatic carbocycles. The van der Waals surface area contributed by atoms with E-state index < -0.39 is 0 Å². The van der Waals surface area contributed by atoms with Gasteiger partial charge in [-0.3, -0.25) is 9.59 Å². The van der Waals surface area contributed by atoms with Crippen molar-refractivity contribution >= 4 is 46.4 Å². The number of ether oxygens (including phenoxy) is 1. The lowest BCUT2D eigenvalue weighted by atomic mass is 10.0. The number of fused-ring (bicyclic) bond motifs is 1. The highest BCUT2D eigenvalue weighted by Gasteiger charge is 2.29. The Morgan fingerprint density at radius 3 is 2.69 bits per heavy atom. The van der Waals surface area contributed by atoms with Gasteiger partial charge in [-0.05, 0) is 84.3 Å². The van der Waals surface area contributed by atoms with Crippen LogP contribution in [0.3, 0.4) is 0 Å². The minimum absolute atomic E-state index is 0.130. The zero-order valence-electron chi connectivity index (χ0n) is 21.2. The molecule has 1 unspecified atom stereocenters. The van der Waals surface area contributed by atoms with Crippen molar-refractivity contribution in [3.63, 3.8) is 0 Å². The van der Waals surface area contributed by atoms with Crippen molar-refractivity contribution in [2.75, 3.05) is 23.4 Å². The van der Waals surface area contributed by atoms with Crippen LogP contribution in [0.15, 0.2) is 67.0 Å². The third-order valence-electron chi connectivity index (χ3n) is 6.58. The number of benzene rings is 3. The Bertz CT molecular complexity index is 1490. The smallest absolute Gasteiger partial charge is 0.258 e. The summed E-state index contributed by atoms with van der Waals surface area (Å²) in [6.07, 6.45) is 2.80. The van der Waals surface area contributed by atoms with E-state index >= 15 is 0 Å². The Morgan fingerprint density at radius 1 is 1.08 bits per heavy atom. The molecule has 1 aliphatic rings. The SMILES string of the molecule is Cc1cc(NC(=O)c2ccccc2Cl)ccc1C(=O)N1CCCC(OCCn2cnnn2)c2cc(Cl)ccc21. The maximum absolute atomic E-state index is 13.8.